The molecule has 2 rings (SSSR count). The fourth-order valence-corrected chi connectivity index (χ4v) is 1.84. The molecule has 92 valence electrons. The molecule has 2 heterocycles. The highest BCUT2D eigenvalue weighted by Gasteiger charge is 2.14. The summed E-state index contributed by atoms with van der Waals surface area (Å²) in [6.07, 6.45) is 1.75. The van der Waals surface area contributed by atoms with Crippen LogP contribution in [0.15, 0.2) is 16.7 Å². The third kappa shape index (κ3) is 2.39. The van der Waals surface area contributed by atoms with Gasteiger partial charge >= 0.3 is 0 Å². The van der Waals surface area contributed by atoms with Crippen molar-refractivity contribution in [3.8, 4) is 11.5 Å². The lowest BCUT2D eigenvalue weighted by molar-refractivity contribution is 0.427. The highest BCUT2D eigenvalue weighted by Crippen LogP contribution is 2.23. The van der Waals surface area contributed by atoms with Crippen LogP contribution in [0.3, 0.4) is 0 Å². The first kappa shape index (κ1) is 11.9. The molecule has 0 fully saturated rings. The van der Waals surface area contributed by atoms with Crippen LogP contribution >= 0.6 is 0 Å². The van der Waals surface area contributed by atoms with E-state index in [4.69, 9.17) is 4.42 Å². The highest BCUT2D eigenvalue weighted by molar-refractivity contribution is 5.51. The lowest BCUT2D eigenvalue weighted by atomic mass is 10.3. The Kier molecular flexibility index (Phi) is 3.28. The summed E-state index contributed by atoms with van der Waals surface area (Å²) in [4.78, 5) is 4.29. The van der Waals surface area contributed by atoms with E-state index in [0.717, 1.165) is 23.7 Å². The van der Waals surface area contributed by atoms with Crippen molar-refractivity contribution in [1.29, 1.82) is 0 Å². The van der Waals surface area contributed by atoms with Gasteiger partial charge < -0.3 is 9.73 Å². The fourth-order valence-electron chi connectivity index (χ4n) is 1.84. The molecule has 0 saturated heterocycles. The molecule has 1 unspecified atom stereocenters. The lowest BCUT2D eigenvalue weighted by Gasteiger charge is -2.06. The first-order valence-corrected chi connectivity index (χ1v) is 5.82. The third-order valence-electron chi connectivity index (χ3n) is 2.66. The maximum atomic E-state index is 5.74. The molecule has 2 aromatic heterocycles. The molecule has 2 aromatic rings. The zero-order chi connectivity index (χ0) is 12.4. The first-order chi connectivity index (χ1) is 8.11. The average Bonchev–Trinajstić information content (AvgIpc) is 2.85. The van der Waals surface area contributed by atoms with E-state index >= 15 is 0 Å². The summed E-state index contributed by atoms with van der Waals surface area (Å²) in [6.45, 7) is 6.95. The van der Waals surface area contributed by atoms with Crippen LogP contribution in [0.1, 0.15) is 31.5 Å². The van der Waals surface area contributed by atoms with Crippen molar-refractivity contribution in [2.24, 2.45) is 7.05 Å². The minimum Gasteiger partial charge on any atom is -0.437 e. The monoisotopic (exact) mass is 234 g/mol. The second-order valence-electron chi connectivity index (χ2n) is 4.14. The molecule has 0 aromatic carbocycles. The number of aryl methyl sites for hydroxylation is 2. The number of hydrogen-bond acceptors (Lipinski definition) is 4. The molecular weight excluding hydrogens is 216 g/mol. The topological polar surface area (TPSA) is 55.9 Å². The summed E-state index contributed by atoms with van der Waals surface area (Å²) in [5.41, 5.74) is 1.92. The predicted molar refractivity (Wildman–Crippen MR) is 65.5 cm³/mol. The molecule has 5 nitrogen and oxygen atoms in total. The van der Waals surface area contributed by atoms with Crippen LogP contribution in [0.2, 0.25) is 0 Å². The van der Waals surface area contributed by atoms with Gasteiger partial charge in [0.05, 0.1) is 17.9 Å². The Morgan fingerprint density at radius 1 is 1.53 bits per heavy atom. The van der Waals surface area contributed by atoms with Crippen LogP contribution in [-0.2, 0) is 7.05 Å². The first-order valence-electron chi connectivity index (χ1n) is 5.82. The van der Waals surface area contributed by atoms with Crippen LogP contribution in [0.4, 0.5) is 0 Å². The quantitative estimate of drug-likeness (QED) is 0.879. The normalized spacial score (nSPS) is 12.9. The van der Waals surface area contributed by atoms with E-state index < -0.39 is 0 Å². The Morgan fingerprint density at radius 2 is 2.29 bits per heavy atom. The maximum Gasteiger partial charge on any atom is 0.211 e. The molecule has 0 aliphatic rings. The Bertz CT molecular complexity index is 500. The van der Waals surface area contributed by atoms with E-state index in [2.05, 4.69) is 22.3 Å². The number of hydrogen-bond donors (Lipinski definition) is 1. The summed E-state index contributed by atoms with van der Waals surface area (Å²) >= 11 is 0. The number of nitrogens with zero attached hydrogens (tertiary/aromatic N) is 3. The van der Waals surface area contributed by atoms with Gasteiger partial charge in [0.25, 0.3) is 0 Å². The molecule has 0 saturated carbocycles. The summed E-state index contributed by atoms with van der Waals surface area (Å²) in [6, 6.07) is 2.12. The Hall–Kier alpha value is -1.62. The number of oxazole rings is 1. The van der Waals surface area contributed by atoms with Crippen molar-refractivity contribution in [2.45, 2.75) is 26.8 Å². The van der Waals surface area contributed by atoms with Crippen molar-refractivity contribution >= 4 is 0 Å². The fraction of sp³-hybridized carbons (Fsp3) is 0.500. The largest absolute Gasteiger partial charge is 0.437 e. The number of rotatable bonds is 4. The van der Waals surface area contributed by atoms with Crippen LogP contribution in [0.5, 0.6) is 0 Å². The zero-order valence-electron chi connectivity index (χ0n) is 10.7. The van der Waals surface area contributed by atoms with Crippen LogP contribution < -0.4 is 5.32 Å². The van der Waals surface area contributed by atoms with Crippen molar-refractivity contribution in [1.82, 2.24) is 20.1 Å². The van der Waals surface area contributed by atoms with Crippen molar-refractivity contribution < 1.29 is 4.42 Å². The second-order valence-corrected chi connectivity index (χ2v) is 4.14. The summed E-state index contributed by atoms with van der Waals surface area (Å²) in [7, 11) is 1.90. The van der Waals surface area contributed by atoms with Crippen molar-refractivity contribution in [2.75, 3.05) is 6.54 Å². The van der Waals surface area contributed by atoms with Gasteiger partial charge in [0, 0.05) is 7.05 Å². The van der Waals surface area contributed by atoms with Gasteiger partial charge in [-0.2, -0.15) is 5.10 Å². The number of aromatic nitrogens is 3. The van der Waals surface area contributed by atoms with Gasteiger partial charge in [-0.25, -0.2) is 4.98 Å². The minimum absolute atomic E-state index is 0.128. The molecule has 0 radical (unpaired) electrons. The van der Waals surface area contributed by atoms with Gasteiger partial charge in [0.2, 0.25) is 5.89 Å². The molecule has 1 N–H and O–H groups in total. The lowest BCUT2D eigenvalue weighted by Crippen LogP contribution is -2.17. The minimum atomic E-state index is 0.128. The Labute approximate surface area is 101 Å². The van der Waals surface area contributed by atoms with Crippen LogP contribution in [-0.4, -0.2) is 21.3 Å². The van der Waals surface area contributed by atoms with Gasteiger partial charge in [-0.15, -0.1) is 0 Å². The molecule has 5 heteroatoms. The molecule has 17 heavy (non-hydrogen) atoms. The predicted octanol–water partition coefficient (Wildman–Crippen LogP) is 2.05. The molecule has 0 spiro atoms. The average molecular weight is 234 g/mol. The SMILES string of the molecule is CCNC(C)c1ncc(-c2cc(C)nn2C)o1. The summed E-state index contributed by atoms with van der Waals surface area (Å²) < 4.78 is 7.55. The van der Waals surface area contributed by atoms with E-state index in [1.165, 1.54) is 0 Å². The van der Waals surface area contributed by atoms with Gasteiger partial charge in [0.1, 0.15) is 5.69 Å². The van der Waals surface area contributed by atoms with Crippen LogP contribution in [0, 0.1) is 6.92 Å². The summed E-state index contributed by atoms with van der Waals surface area (Å²) in [5.74, 6) is 1.47. The molecule has 0 aliphatic heterocycles. The van der Waals surface area contributed by atoms with Crippen molar-refractivity contribution in [3.63, 3.8) is 0 Å². The maximum absolute atomic E-state index is 5.74. The molecule has 0 aliphatic carbocycles. The number of nitrogens with one attached hydrogen (secondary N) is 1. The Balaban J connectivity index is 2.26. The van der Waals surface area contributed by atoms with E-state index in [0.29, 0.717) is 5.89 Å². The smallest absolute Gasteiger partial charge is 0.211 e. The van der Waals surface area contributed by atoms with E-state index in [-0.39, 0.29) is 6.04 Å². The zero-order valence-corrected chi connectivity index (χ0v) is 10.7. The van der Waals surface area contributed by atoms with E-state index in [1.807, 2.05) is 27.0 Å². The van der Waals surface area contributed by atoms with E-state index in [9.17, 15) is 0 Å². The molecule has 0 bridgehead atoms. The molecule has 0 amide bonds. The van der Waals surface area contributed by atoms with Gasteiger partial charge in [-0.1, -0.05) is 6.92 Å². The van der Waals surface area contributed by atoms with Gasteiger partial charge in [0.15, 0.2) is 5.76 Å². The van der Waals surface area contributed by atoms with Gasteiger partial charge in [-0.3, -0.25) is 4.68 Å². The molecular formula is C12H18N4O. The second kappa shape index (κ2) is 4.71. The van der Waals surface area contributed by atoms with Crippen LogP contribution in [0.25, 0.3) is 11.5 Å². The molecule has 1 atom stereocenters. The third-order valence-corrected chi connectivity index (χ3v) is 2.66. The summed E-state index contributed by atoms with van der Waals surface area (Å²) in [5, 5.41) is 7.56. The highest BCUT2D eigenvalue weighted by atomic mass is 16.4. The van der Waals surface area contributed by atoms with Crippen molar-refractivity contribution in [3.05, 3.63) is 23.8 Å². The van der Waals surface area contributed by atoms with Gasteiger partial charge in [-0.05, 0) is 26.5 Å². The standard InChI is InChI=1S/C12H18N4O/c1-5-13-9(3)12-14-7-11(17-12)10-6-8(2)15-16(10)4/h6-7,9,13H,5H2,1-4H3. The Morgan fingerprint density at radius 3 is 2.88 bits per heavy atom. The van der Waals surface area contributed by atoms with E-state index in [1.54, 1.807) is 10.9 Å².